The maximum Gasteiger partial charge on any atom is 0.328 e. The van der Waals surface area contributed by atoms with E-state index in [4.69, 9.17) is 15.1 Å². The van der Waals surface area contributed by atoms with Gasteiger partial charge in [0.2, 0.25) is 0 Å². The highest BCUT2D eigenvalue weighted by atomic mass is 79.9. The molecule has 1 N–H and O–H groups in total. The van der Waals surface area contributed by atoms with Crippen LogP contribution in [0.15, 0.2) is 28.7 Å². The predicted octanol–water partition coefficient (Wildman–Crippen LogP) is 3.23. The number of para-hydroxylation sites is 1. The summed E-state index contributed by atoms with van der Waals surface area (Å²) in [6.45, 7) is 0.421. The van der Waals surface area contributed by atoms with Crippen LogP contribution in [0, 0.1) is 11.3 Å². The molecule has 1 aromatic carbocycles. The second kappa shape index (κ2) is 7.51. The first-order chi connectivity index (χ1) is 8.65. The van der Waals surface area contributed by atoms with Crippen LogP contribution in [0.1, 0.15) is 18.4 Å². The average molecular weight is 310 g/mol. The Kier molecular flexibility index (Phi) is 5.95. The van der Waals surface area contributed by atoms with Crippen molar-refractivity contribution < 1.29 is 14.6 Å². The number of ether oxygens (including phenoxy) is 1. The Balaban J connectivity index is 2.81. The molecule has 0 heterocycles. The number of rotatable bonds is 6. The first-order valence-electron chi connectivity index (χ1n) is 5.34. The fourth-order valence-corrected chi connectivity index (χ4v) is 1.79. The number of aliphatic carboxylic acids is 1. The lowest BCUT2D eigenvalue weighted by Gasteiger charge is -2.10. The molecule has 0 aliphatic carbocycles. The van der Waals surface area contributed by atoms with Crippen LogP contribution >= 0.6 is 15.9 Å². The highest BCUT2D eigenvalue weighted by molar-refractivity contribution is 9.10. The number of carboxylic acid groups (broad SMARTS) is 1. The van der Waals surface area contributed by atoms with E-state index < -0.39 is 5.97 Å². The molecule has 0 unspecified atom stereocenters. The third kappa shape index (κ3) is 4.60. The Labute approximate surface area is 114 Å². The summed E-state index contributed by atoms with van der Waals surface area (Å²) in [4.78, 5) is 10.5. The van der Waals surface area contributed by atoms with Gasteiger partial charge in [0.15, 0.2) is 0 Å². The summed E-state index contributed by atoms with van der Waals surface area (Å²) in [6.07, 6.45) is 3.61. The number of hydrogen-bond donors (Lipinski definition) is 1. The molecule has 0 aromatic heterocycles. The molecule has 5 heteroatoms. The third-order valence-corrected chi connectivity index (χ3v) is 2.71. The maximum absolute atomic E-state index is 10.5. The minimum absolute atomic E-state index is 0.421. The summed E-state index contributed by atoms with van der Waals surface area (Å²) < 4.78 is 6.32. The van der Waals surface area contributed by atoms with Gasteiger partial charge in [-0.25, -0.2) is 4.79 Å². The Morgan fingerprint density at radius 2 is 2.33 bits per heavy atom. The molecular weight excluding hydrogens is 298 g/mol. The van der Waals surface area contributed by atoms with Crippen molar-refractivity contribution in [1.82, 2.24) is 0 Å². The molecule has 0 fully saturated rings. The zero-order valence-corrected chi connectivity index (χ0v) is 11.2. The van der Waals surface area contributed by atoms with E-state index in [1.807, 2.05) is 12.1 Å². The smallest absolute Gasteiger partial charge is 0.328 e. The summed E-state index contributed by atoms with van der Waals surface area (Å²) in [5, 5.41) is 17.0. The molecule has 0 atom stereocenters. The van der Waals surface area contributed by atoms with Crippen LogP contribution in [-0.2, 0) is 4.79 Å². The molecule has 0 saturated carbocycles. The van der Waals surface area contributed by atoms with E-state index in [-0.39, 0.29) is 0 Å². The molecule has 0 amide bonds. The molecule has 0 spiro atoms. The number of hydrogen-bond acceptors (Lipinski definition) is 3. The van der Waals surface area contributed by atoms with E-state index in [0.717, 1.165) is 10.5 Å². The number of unbranched alkanes of at least 4 members (excludes halogenated alkanes) is 1. The summed E-state index contributed by atoms with van der Waals surface area (Å²) in [5.74, 6) is -0.418. The summed E-state index contributed by atoms with van der Waals surface area (Å²) >= 11 is 3.35. The SMILES string of the molecule is N#CCCCOc1c(Br)cccc1/C=C/C(=O)O. The Morgan fingerprint density at radius 1 is 1.56 bits per heavy atom. The highest BCUT2D eigenvalue weighted by Crippen LogP contribution is 2.30. The molecule has 0 saturated heterocycles. The van der Waals surface area contributed by atoms with Crippen LogP contribution < -0.4 is 4.74 Å². The molecular formula is C13H12BrNO3. The zero-order valence-electron chi connectivity index (χ0n) is 9.60. The normalized spacial score (nSPS) is 10.2. The van der Waals surface area contributed by atoms with Crippen LogP contribution in [0.3, 0.4) is 0 Å². The van der Waals surface area contributed by atoms with Crippen molar-refractivity contribution >= 4 is 28.0 Å². The second-order valence-corrected chi connectivity index (χ2v) is 4.29. The van der Waals surface area contributed by atoms with Crippen molar-refractivity contribution in [2.75, 3.05) is 6.61 Å². The van der Waals surface area contributed by atoms with Gasteiger partial charge in [-0.1, -0.05) is 12.1 Å². The molecule has 0 aliphatic heterocycles. The van der Waals surface area contributed by atoms with Crippen molar-refractivity contribution in [3.63, 3.8) is 0 Å². The fraction of sp³-hybridized carbons (Fsp3) is 0.231. The summed E-state index contributed by atoms with van der Waals surface area (Å²) in [7, 11) is 0. The van der Waals surface area contributed by atoms with Crippen molar-refractivity contribution in [1.29, 1.82) is 5.26 Å². The van der Waals surface area contributed by atoms with E-state index in [2.05, 4.69) is 15.9 Å². The van der Waals surface area contributed by atoms with E-state index in [9.17, 15) is 4.79 Å². The largest absolute Gasteiger partial charge is 0.492 e. The number of carboxylic acids is 1. The van der Waals surface area contributed by atoms with Crippen LogP contribution in [0.5, 0.6) is 5.75 Å². The first kappa shape index (κ1) is 14.3. The van der Waals surface area contributed by atoms with E-state index in [1.54, 1.807) is 12.1 Å². The highest BCUT2D eigenvalue weighted by Gasteiger charge is 2.06. The number of halogens is 1. The molecule has 0 aliphatic rings. The Hall–Kier alpha value is -1.80. The monoisotopic (exact) mass is 309 g/mol. The van der Waals surface area contributed by atoms with Crippen molar-refractivity contribution in [3.05, 3.63) is 34.3 Å². The van der Waals surface area contributed by atoms with Gasteiger partial charge >= 0.3 is 5.97 Å². The summed E-state index contributed by atoms with van der Waals surface area (Å²) in [5.41, 5.74) is 0.684. The van der Waals surface area contributed by atoms with Crippen LogP contribution in [0.4, 0.5) is 0 Å². The van der Waals surface area contributed by atoms with Gasteiger partial charge in [-0.3, -0.25) is 0 Å². The topological polar surface area (TPSA) is 70.3 Å². The standard InChI is InChI=1S/C13H12BrNO3/c14-11-5-3-4-10(6-7-12(16)17)13(11)18-9-2-1-8-15/h3-7H,1-2,9H2,(H,16,17)/b7-6+. The number of benzene rings is 1. The van der Waals surface area contributed by atoms with Gasteiger partial charge in [-0.2, -0.15) is 5.26 Å². The molecule has 0 radical (unpaired) electrons. The van der Waals surface area contributed by atoms with E-state index in [1.165, 1.54) is 6.08 Å². The molecule has 4 nitrogen and oxygen atoms in total. The van der Waals surface area contributed by atoms with Gasteiger partial charge in [0, 0.05) is 18.1 Å². The van der Waals surface area contributed by atoms with Crippen molar-refractivity contribution in [2.24, 2.45) is 0 Å². The molecule has 18 heavy (non-hydrogen) atoms. The lowest BCUT2D eigenvalue weighted by atomic mass is 10.2. The van der Waals surface area contributed by atoms with Crippen LogP contribution in [0.25, 0.3) is 6.08 Å². The lowest BCUT2D eigenvalue weighted by Crippen LogP contribution is -1.99. The number of nitrogens with zero attached hydrogens (tertiary/aromatic N) is 1. The molecule has 94 valence electrons. The number of nitriles is 1. The van der Waals surface area contributed by atoms with Crippen LogP contribution in [-0.4, -0.2) is 17.7 Å². The summed E-state index contributed by atoms with van der Waals surface area (Å²) in [6, 6.07) is 7.42. The zero-order chi connectivity index (χ0) is 13.4. The Bertz CT molecular complexity index is 491. The van der Waals surface area contributed by atoms with Gasteiger partial charge in [0.1, 0.15) is 5.75 Å². The molecule has 1 aromatic rings. The first-order valence-corrected chi connectivity index (χ1v) is 6.13. The maximum atomic E-state index is 10.5. The minimum atomic E-state index is -1.01. The number of carbonyl (C=O) groups is 1. The van der Waals surface area contributed by atoms with Gasteiger partial charge in [0.25, 0.3) is 0 Å². The van der Waals surface area contributed by atoms with E-state index >= 15 is 0 Å². The Morgan fingerprint density at radius 3 is 3.00 bits per heavy atom. The average Bonchev–Trinajstić information content (AvgIpc) is 2.34. The van der Waals surface area contributed by atoms with Gasteiger partial charge in [-0.05, 0) is 34.5 Å². The van der Waals surface area contributed by atoms with E-state index in [0.29, 0.717) is 30.8 Å². The molecule has 0 bridgehead atoms. The quantitative estimate of drug-likeness (QED) is 0.647. The van der Waals surface area contributed by atoms with Crippen molar-refractivity contribution in [3.8, 4) is 11.8 Å². The van der Waals surface area contributed by atoms with Gasteiger partial charge in [0.05, 0.1) is 17.1 Å². The lowest BCUT2D eigenvalue weighted by molar-refractivity contribution is -0.131. The molecule has 1 rings (SSSR count). The third-order valence-electron chi connectivity index (χ3n) is 2.08. The van der Waals surface area contributed by atoms with Gasteiger partial charge < -0.3 is 9.84 Å². The van der Waals surface area contributed by atoms with Crippen molar-refractivity contribution in [2.45, 2.75) is 12.8 Å². The predicted molar refractivity (Wildman–Crippen MR) is 71.2 cm³/mol. The minimum Gasteiger partial charge on any atom is -0.492 e. The van der Waals surface area contributed by atoms with Gasteiger partial charge in [-0.15, -0.1) is 0 Å². The second-order valence-electron chi connectivity index (χ2n) is 3.44. The fourth-order valence-electron chi connectivity index (χ4n) is 1.30. The van der Waals surface area contributed by atoms with Crippen LogP contribution in [0.2, 0.25) is 0 Å².